The monoisotopic (exact) mass is 294 g/mol. The van der Waals surface area contributed by atoms with E-state index in [1.165, 1.54) is 25.2 Å². The van der Waals surface area contributed by atoms with E-state index in [1.54, 1.807) is 12.1 Å². The predicted octanol–water partition coefficient (Wildman–Crippen LogP) is 4.87. The molecule has 0 N–H and O–H groups in total. The number of benzene rings is 2. The van der Waals surface area contributed by atoms with E-state index in [1.807, 2.05) is 0 Å². The molecule has 3 rings (SSSR count). The first-order chi connectivity index (χ1) is 9.04. The Hall–Kier alpha value is -1.51. The Bertz CT molecular complexity index is 619. The topological polar surface area (TPSA) is 26.3 Å². The van der Waals surface area contributed by atoms with Crippen LogP contribution in [0.25, 0.3) is 11.1 Å². The molecule has 1 aromatic carbocycles. The van der Waals surface area contributed by atoms with Crippen molar-refractivity contribution in [3.05, 3.63) is 52.0 Å². The van der Waals surface area contributed by atoms with Crippen LogP contribution in [0, 0.1) is 0 Å². The maximum atomic E-state index is 11.0. The van der Waals surface area contributed by atoms with E-state index < -0.39 is 0 Å². The zero-order valence-electron chi connectivity index (χ0n) is 10.5. The van der Waals surface area contributed by atoms with Gasteiger partial charge in [-0.25, -0.2) is 0 Å². The first kappa shape index (κ1) is 13.9. The minimum atomic E-state index is -0.116. The molecule has 98 valence electrons. The van der Waals surface area contributed by atoms with Crippen LogP contribution in [0.2, 0.25) is 10.0 Å². The summed E-state index contributed by atoms with van der Waals surface area (Å²) in [5.41, 5.74) is 3.26. The van der Waals surface area contributed by atoms with Crippen molar-refractivity contribution in [1.29, 1.82) is 0 Å². The number of ketones is 1. The molecule has 2 aliphatic carbocycles. The Balaban J connectivity index is 0.000000180. The van der Waals surface area contributed by atoms with Gasteiger partial charge >= 0.3 is 0 Å². The number of halogens is 2. The summed E-state index contributed by atoms with van der Waals surface area (Å²) in [5, 5.41) is 0.519. The van der Waals surface area contributed by atoms with Crippen molar-refractivity contribution in [2.45, 2.75) is 6.92 Å². The third-order valence-corrected chi connectivity index (χ3v) is 3.62. The van der Waals surface area contributed by atoms with Gasteiger partial charge in [0, 0.05) is 5.56 Å². The first-order valence-electron chi connectivity index (χ1n) is 5.68. The highest BCUT2D eigenvalue weighted by molar-refractivity contribution is 6.44. The molecule has 0 aromatic heterocycles. The predicted molar refractivity (Wildman–Crippen MR) is 78.5 cm³/mol. The molecule has 0 aliphatic heterocycles. The number of hydrogen-bond acceptors (Lipinski definition) is 2. The quantitative estimate of drug-likeness (QED) is 0.630. The fourth-order valence-corrected chi connectivity index (χ4v) is 2.17. The lowest BCUT2D eigenvalue weighted by molar-refractivity contribution is 0.101. The zero-order chi connectivity index (χ0) is 14.0. The largest absolute Gasteiger partial charge is 0.495 e. The van der Waals surface area contributed by atoms with Gasteiger partial charge in [-0.05, 0) is 36.2 Å². The summed E-state index contributed by atoms with van der Waals surface area (Å²) in [4.78, 5) is 11.0. The van der Waals surface area contributed by atoms with Gasteiger partial charge in [-0.2, -0.15) is 0 Å². The second-order valence-corrected chi connectivity index (χ2v) is 4.84. The minimum absolute atomic E-state index is 0.116. The van der Waals surface area contributed by atoms with Crippen molar-refractivity contribution in [2.75, 3.05) is 7.11 Å². The van der Waals surface area contributed by atoms with E-state index in [9.17, 15) is 4.79 Å². The van der Waals surface area contributed by atoms with E-state index in [4.69, 9.17) is 27.9 Å². The van der Waals surface area contributed by atoms with E-state index >= 15 is 0 Å². The Morgan fingerprint density at radius 2 is 1.68 bits per heavy atom. The van der Waals surface area contributed by atoms with Gasteiger partial charge in [0.15, 0.2) is 5.78 Å². The molecule has 0 saturated carbocycles. The number of carbonyl (C=O) groups is 1. The maximum absolute atomic E-state index is 11.0. The van der Waals surface area contributed by atoms with Crippen LogP contribution in [-0.4, -0.2) is 12.9 Å². The van der Waals surface area contributed by atoms with Crippen molar-refractivity contribution < 1.29 is 9.53 Å². The van der Waals surface area contributed by atoms with Crippen molar-refractivity contribution in [3.8, 4) is 16.9 Å². The van der Waals surface area contributed by atoms with Gasteiger partial charge in [0.25, 0.3) is 0 Å². The Morgan fingerprint density at radius 1 is 1.05 bits per heavy atom. The van der Waals surface area contributed by atoms with Gasteiger partial charge < -0.3 is 4.74 Å². The molecule has 19 heavy (non-hydrogen) atoms. The standard InChI is InChI=1S/C9H8Cl2O2.C6H4/c1-5(12)6-3-4-7(13-2)9(11)8(6)10;1-2-5-4-6(5)3-1/h3-4H,1-2H3;1-4H. The minimum Gasteiger partial charge on any atom is -0.495 e. The van der Waals surface area contributed by atoms with E-state index in [2.05, 4.69) is 24.3 Å². The Labute approximate surface area is 121 Å². The van der Waals surface area contributed by atoms with Gasteiger partial charge in [-0.3, -0.25) is 4.79 Å². The molecular formula is C15H12Cl2O2. The highest BCUT2D eigenvalue weighted by Gasteiger charge is 2.12. The van der Waals surface area contributed by atoms with Gasteiger partial charge in [0.1, 0.15) is 10.8 Å². The van der Waals surface area contributed by atoms with Crippen LogP contribution in [0.4, 0.5) is 0 Å². The fraction of sp³-hybridized carbons (Fsp3) is 0.133. The molecule has 0 amide bonds. The second kappa shape index (κ2) is 5.64. The summed E-state index contributed by atoms with van der Waals surface area (Å²) in [7, 11) is 1.49. The zero-order valence-corrected chi connectivity index (χ0v) is 12.0. The van der Waals surface area contributed by atoms with Crippen molar-refractivity contribution in [2.24, 2.45) is 0 Å². The fourth-order valence-electron chi connectivity index (χ4n) is 1.64. The maximum Gasteiger partial charge on any atom is 0.161 e. The molecule has 2 aliphatic rings. The van der Waals surface area contributed by atoms with Gasteiger partial charge in [0.05, 0.1) is 12.1 Å². The van der Waals surface area contributed by atoms with Crippen LogP contribution >= 0.6 is 23.2 Å². The lowest BCUT2D eigenvalue weighted by Crippen LogP contribution is -1.95. The highest BCUT2D eigenvalue weighted by atomic mass is 35.5. The number of hydrogen-bond donors (Lipinski definition) is 0. The molecule has 0 radical (unpaired) electrons. The van der Waals surface area contributed by atoms with Crippen molar-refractivity contribution >= 4 is 29.0 Å². The summed E-state index contributed by atoms with van der Waals surface area (Å²) in [6, 6.07) is 11.7. The number of fused-ring (bicyclic) bond motifs is 1. The molecule has 4 heteroatoms. The normalized spacial score (nSPS) is 10.3. The second-order valence-electron chi connectivity index (χ2n) is 4.08. The lowest BCUT2D eigenvalue weighted by atomic mass is 10.1. The molecule has 0 heterocycles. The third-order valence-electron chi connectivity index (χ3n) is 2.76. The summed E-state index contributed by atoms with van der Waals surface area (Å²) in [6.07, 6.45) is 0. The van der Waals surface area contributed by atoms with Crippen LogP contribution in [0.1, 0.15) is 17.3 Å². The molecule has 1 aromatic rings. The lowest BCUT2D eigenvalue weighted by Gasteiger charge is -2.06. The van der Waals surface area contributed by atoms with Gasteiger partial charge in [0.2, 0.25) is 0 Å². The molecular weight excluding hydrogens is 283 g/mol. The molecule has 0 bridgehead atoms. The van der Waals surface area contributed by atoms with Crippen molar-refractivity contribution in [1.82, 2.24) is 0 Å². The van der Waals surface area contributed by atoms with Crippen LogP contribution in [-0.2, 0) is 0 Å². The number of Topliss-reactive ketones (excluding diaryl/α,β-unsaturated/α-hetero) is 1. The number of carbonyl (C=O) groups excluding carboxylic acids is 1. The average Bonchev–Trinajstić information content (AvgIpc) is 2.99. The smallest absolute Gasteiger partial charge is 0.161 e. The number of methoxy groups -OCH3 is 1. The third kappa shape index (κ3) is 3.09. The molecule has 0 fully saturated rings. The SMILES string of the molecule is COc1ccc(C(C)=O)c(Cl)c1Cl.c1cc2cc-2c1. The highest BCUT2D eigenvalue weighted by Crippen LogP contribution is 2.34. The van der Waals surface area contributed by atoms with Crippen LogP contribution in [0.5, 0.6) is 5.75 Å². The first-order valence-corrected chi connectivity index (χ1v) is 6.43. The molecule has 2 nitrogen and oxygen atoms in total. The molecule has 0 saturated heterocycles. The number of ether oxygens (including phenoxy) is 1. The molecule has 0 atom stereocenters. The summed E-state index contributed by atoms with van der Waals surface area (Å²) in [6.45, 7) is 1.43. The van der Waals surface area contributed by atoms with Crippen LogP contribution < -0.4 is 4.74 Å². The number of rotatable bonds is 2. The Morgan fingerprint density at radius 3 is 2.05 bits per heavy atom. The van der Waals surface area contributed by atoms with E-state index in [-0.39, 0.29) is 15.8 Å². The van der Waals surface area contributed by atoms with Crippen LogP contribution in [0.15, 0.2) is 36.4 Å². The van der Waals surface area contributed by atoms with Crippen LogP contribution in [0.3, 0.4) is 0 Å². The summed E-state index contributed by atoms with van der Waals surface area (Å²) in [5.74, 6) is 0.353. The molecule has 0 unspecified atom stereocenters. The van der Waals surface area contributed by atoms with Gasteiger partial charge in [-0.15, -0.1) is 0 Å². The molecule has 0 spiro atoms. The van der Waals surface area contributed by atoms with Crippen molar-refractivity contribution in [3.63, 3.8) is 0 Å². The average molecular weight is 295 g/mol. The summed E-state index contributed by atoms with van der Waals surface area (Å²) >= 11 is 11.7. The van der Waals surface area contributed by atoms with E-state index in [0.29, 0.717) is 11.3 Å². The Kier molecular flexibility index (Phi) is 4.13. The van der Waals surface area contributed by atoms with Gasteiger partial charge in [-0.1, -0.05) is 41.4 Å². The van der Waals surface area contributed by atoms with E-state index in [0.717, 1.165) is 0 Å². The summed E-state index contributed by atoms with van der Waals surface area (Å²) < 4.78 is 4.93.